The second-order valence-corrected chi connectivity index (χ2v) is 7.44. The van der Waals surface area contributed by atoms with Gasteiger partial charge in [-0.2, -0.15) is 4.98 Å². The molecule has 1 aromatic carbocycles. The maximum absolute atomic E-state index is 12.7. The summed E-state index contributed by atoms with van der Waals surface area (Å²) in [7, 11) is 0. The van der Waals surface area contributed by atoms with E-state index in [1.807, 2.05) is 47.2 Å². The Morgan fingerprint density at radius 2 is 1.72 bits per heavy atom. The summed E-state index contributed by atoms with van der Waals surface area (Å²) in [6.07, 6.45) is 9.00. The Balaban J connectivity index is 1.65. The van der Waals surface area contributed by atoms with Crippen LogP contribution >= 0.6 is 11.8 Å². The summed E-state index contributed by atoms with van der Waals surface area (Å²) >= 11 is 1.55. The zero-order chi connectivity index (χ0) is 19.9. The van der Waals surface area contributed by atoms with Crippen LogP contribution in [0.15, 0.2) is 89.6 Å². The molecule has 3 aromatic heterocycles. The summed E-state index contributed by atoms with van der Waals surface area (Å²) < 4.78 is 2.00. The van der Waals surface area contributed by atoms with Crippen molar-refractivity contribution in [2.75, 3.05) is 0 Å². The number of hydrogen-bond donors (Lipinski definition) is 0. The topological polar surface area (TPSA) is 73.6 Å². The van der Waals surface area contributed by atoms with Crippen molar-refractivity contribution in [1.82, 2.24) is 24.5 Å². The Hall–Kier alpha value is -3.32. The molecule has 0 saturated carbocycles. The molecule has 0 radical (unpaired) electrons. The third-order valence-corrected chi connectivity index (χ3v) is 5.37. The van der Waals surface area contributed by atoms with Gasteiger partial charge in [0.05, 0.1) is 12.2 Å². The Labute approximate surface area is 172 Å². The van der Waals surface area contributed by atoms with Gasteiger partial charge in [-0.3, -0.25) is 9.78 Å². The minimum Gasteiger partial charge on any atom is -0.321 e. The molecule has 7 heteroatoms. The second kappa shape index (κ2) is 9.25. The average Bonchev–Trinajstić information content (AvgIpc) is 2.77. The first-order valence-electron chi connectivity index (χ1n) is 9.19. The van der Waals surface area contributed by atoms with Gasteiger partial charge in [0, 0.05) is 42.5 Å². The third-order valence-electron chi connectivity index (χ3n) is 4.31. The summed E-state index contributed by atoms with van der Waals surface area (Å²) in [6.45, 7) is 0.545. The van der Waals surface area contributed by atoms with E-state index in [0.29, 0.717) is 23.7 Å². The molecule has 0 fully saturated rings. The van der Waals surface area contributed by atoms with Gasteiger partial charge in [0.1, 0.15) is 6.33 Å². The van der Waals surface area contributed by atoms with E-state index in [9.17, 15) is 4.79 Å². The molecular formula is C22H19N5OS. The molecule has 6 nitrogen and oxygen atoms in total. The molecule has 29 heavy (non-hydrogen) atoms. The Morgan fingerprint density at radius 3 is 2.48 bits per heavy atom. The van der Waals surface area contributed by atoms with Crippen LogP contribution < -0.4 is 5.56 Å². The Kier molecular flexibility index (Phi) is 6.07. The largest absolute Gasteiger partial charge is 0.321 e. The molecule has 0 aliphatic heterocycles. The van der Waals surface area contributed by atoms with Gasteiger partial charge >= 0.3 is 0 Å². The summed E-state index contributed by atoms with van der Waals surface area (Å²) in [5.74, 6) is 0.737. The predicted octanol–water partition coefficient (Wildman–Crippen LogP) is 3.36. The maximum atomic E-state index is 12.7. The first-order chi connectivity index (χ1) is 14.3. The van der Waals surface area contributed by atoms with Crippen molar-refractivity contribution in [3.63, 3.8) is 0 Å². The monoisotopic (exact) mass is 401 g/mol. The number of pyridine rings is 1. The number of hydrogen-bond acceptors (Lipinski definition) is 6. The van der Waals surface area contributed by atoms with Crippen LogP contribution in [0.4, 0.5) is 0 Å². The number of benzene rings is 1. The summed E-state index contributed by atoms with van der Waals surface area (Å²) in [5.41, 5.74) is 3.36. The fourth-order valence-electron chi connectivity index (χ4n) is 2.90. The second-order valence-electron chi connectivity index (χ2n) is 6.50. The van der Waals surface area contributed by atoms with E-state index in [1.54, 1.807) is 30.4 Å². The molecular weight excluding hydrogens is 382 g/mol. The quantitative estimate of drug-likeness (QED) is 0.349. The smallest absolute Gasteiger partial charge is 0.277 e. The third kappa shape index (κ3) is 5.14. The predicted molar refractivity (Wildman–Crippen MR) is 113 cm³/mol. The van der Waals surface area contributed by atoms with Gasteiger partial charge in [0.15, 0.2) is 5.16 Å². The highest BCUT2D eigenvalue weighted by molar-refractivity contribution is 7.98. The highest BCUT2D eigenvalue weighted by atomic mass is 32.2. The minimum atomic E-state index is -0.221. The molecule has 4 rings (SSSR count). The zero-order valence-electron chi connectivity index (χ0n) is 15.7. The number of thioether (sulfide) groups is 1. The molecule has 0 N–H and O–H groups in total. The summed E-state index contributed by atoms with van der Waals surface area (Å²) in [6, 6.07) is 16.0. The molecule has 0 spiro atoms. The summed E-state index contributed by atoms with van der Waals surface area (Å²) in [4.78, 5) is 29.5. The zero-order valence-corrected chi connectivity index (χ0v) is 16.5. The lowest BCUT2D eigenvalue weighted by molar-refractivity contribution is 0.643. The maximum Gasteiger partial charge on any atom is 0.277 e. The van der Waals surface area contributed by atoms with Gasteiger partial charge in [-0.1, -0.05) is 48.2 Å². The molecule has 4 aromatic rings. The number of nitrogens with zero attached hydrogens (tertiary/aromatic N) is 5. The first kappa shape index (κ1) is 19.0. The van der Waals surface area contributed by atoms with E-state index in [1.165, 1.54) is 11.9 Å². The van der Waals surface area contributed by atoms with E-state index < -0.39 is 0 Å². The first-order valence-corrected chi connectivity index (χ1v) is 10.2. The molecule has 0 bridgehead atoms. The van der Waals surface area contributed by atoms with Gasteiger partial charge in [-0.05, 0) is 23.3 Å². The lowest BCUT2D eigenvalue weighted by Crippen LogP contribution is -2.20. The van der Waals surface area contributed by atoms with Crippen LogP contribution in [-0.4, -0.2) is 24.5 Å². The molecule has 0 amide bonds. The average molecular weight is 401 g/mol. The molecule has 0 aliphatic carbocycles. The van der Waals surface area contributed by atoms with Gasteiger partial charge < -0.3 is 4.57 Å². The standard InChI is InChI=1S/C22H19N5OS/c28-21-19(10-18-11-23-16-24-12-18)13-27(14-20-8-4-5-9-25-20)22(26-21)29-15-17-6-2-1-3-7-17/h1-9,11-13,16H,10,14-15H2. The normalized spacial score (nSPS) is 10.8. The van der Waals surface area contributed by atoms with E-state index in [4.69, 9.17) is 0 Å². The van der Waals surface area contributed by atoms with Crippen molar-refractivity contribution in [3.8, 4) is 0 Å². The van der Waals surface area contributed by atoms with Gasteiger partial charge in [-0.25, -0.2) is 9.97 Å². The lowest BCUT2D eigenvalue weighted by atomic mass is 10.1. The fraction of sp³-hybridized carbons (Fsp3) is 0.136. The molecule has 0 aliphatic rings. The SMILES string of the molecule is O=c1nc(SCc2ccccc2)n(Cc2ccccn2)cc1Cc1cncnc1. The number of aromatic nitrogens is 5. The van der Waals surface area contributed by atoms with Crippen LogP contribution in [0.1, 0.15) is 22.4 Å². The van der Waals surface area contributed by atoms with E-state index in [-0.39, 0.29) is 5.56 Å². The lowest BCUT2D eigenvalue weighted by Gasteiger charge is -2.13. The number of rotatable bonds is 7. The molecule has 0 saturated heterocycles. The minimum absolute atomic E-state index is 0.221. The van der Waals surface area contributed by atoms with E-state index >= 15 is 0 Å². The molecule has 144 valence electrons. The Morgan fingerprint density at radius 1 is 0.931 bits per heavy atom. The van der Waals surface area contributed by atoms with Gasteiger partial charge in [0.25, 0.3) is 5.56 Å². The van der Waals surface area contributed by atoms with Gasteiger partial charge in [0.2, 0.25) is 0 Å². The van der Waals surface area contributed by atoms with Crippen molar-refractivity contribution in [2.45, 2.75) is 23.9 Å². The molecule has 0 atom stereocenters. The van der Waals surface area contributed by atoms with Crippen molar-refractivity contribution >= 4 is 11.8 Å². The van der Waals surface area contributed by atoms with Crippen LogP contribution in [0.2, 0.25) is 0 Å². The van der Waals surface area contributed by atoms with Crippen molar-refractivity contribution in [3.05, 3.63) is 112 Å². The van der Waals surface area contributed by atoms with Gasteiger partial charge in [-0.15, -0.1) is 0 Å². The van der Waals surface area contributed by atoms with Crippen molar-refractivity contribution in [1.29, 1.82) is 0 Å². The molecule has 3 heterocycles. The van der Waals surface area contributed by atoms with E-state index in [0.717, 1.165) is 17.0 Å². The van der Waals surface area contributed by atoms with Crippen LogP contribution in [0, 0.1) is 0 Å². The van der Waals surface area contributed by atoms with E-state index in [2.05, 4.69) is 32.1 Å². The molecule has 0 unspecified atom stereocenters. The van der Waals surface area contributed by atoms with Crippen LogP contribution in [0.5, 0.6) is 0 Å². The van der Waals surface area contributed by atoms with Crippen LogP contribution in [-0.2, 0) is 18.7 Å². The van der Waals surface area contributed by atoms with Crippen molar-refractivity contribution in [2.24, 2.45) is 0 Å². The fourth-order valence-corrected chi connectivity index (χ4v) is 3.82. The highest BCUT2D eigenvalue weighted by Crippen LogP contribution is 2.21. The summed E-state index contributed by atoms with van der Waals surface area (Å²) in [5, 5.41) is 0.678. The van der Waals surface area contributed by atoms with Crippen LogP contribution in [0.25, 0.3) is 0 Å². The Bertz CT molecular complexity index is 1120. The highest BCUT2D eigenvalue weighted by Gasteiger charge is 2.11. The van der Waals surface area contributed by atoms with Crippen LogP contribution in [0.3, 0.4) is 0 Å². The van der Waals surface area contributed by atoms with Crippen molar-refractivity contribution < 1.29 is 0 Å².